The first-order chi connectivity index (χ1) is 13.9. The van der Waals surface area contributed by atoms with Crippen LogP contribution in [0.5, 0.6) is 0 Å². The topological polar surface area (TPSA) is 93.9 Å². The van der Waals surface area contributed by atoms with Gasteiger partial charge in [-0.3, -0.25) is 4.79 Å². The van der Waals surface area contributed by atoms with Crippen LogP contribution in [0.3, 0.4) is 0 Å². The predicted molar refractivity (Wildman–Crippen MR) is 115 cm³/mol. The summed E-state index contributed by atoms with van der Waals surface area (Å²) < 4.78 is 25.7. The summed E-state index contributed by atoms with van der Waals surface area (Å²) in [5.41, 5.74) is 2.51. The minimum absolute atomic E-state index is 0.0617. The van der Waals surface area contributed by atoms with Crippen LogP contribution < -0.4 is 5.32 Å². The van der Waals surface area contributed by atoms with Crippen LogP contribution in [-0.4, -0.2) is 47.1 Å². The Labute approximate surface area is 174 Å². The van der Waals surface area contributed by atoms with Crippen LogP contribution in [0.25, 0.3) is 21.6 Å². The van der Waals surface area contributed by atoms with Crippen LogP contribution >= 0.6 is 11.3 Å². The number of nitrogens with zero attached hydrogens (tertiary/aromatic N) is 3. The molecule has 1 aliphatic heterocycles. The highest BCUT2D eigenvalue weighted by molar-refractivity contribution is 7.91. The number of thiophene rings is 1. The third-order valence-corrected chi connectivity index (χ3v) is 7.87. The molecule has 0 saturated carbocycles. The normalized spacial score (nSPS) is 18.3. The first-order valence-electron chi connectivity index (χ1n) is 9.82. The van der Waals surface area contributed by atoms with Crippen LogP contribution in [0.4, 0.5) is 0 Å². The van der Waals surface area contributed by atoms with E-state index in [4.69, 9.17) is 4.98 Å². The van der Waals surface area contributed by atoms with Gasteiger partial charge in [-0.05, 0) is 37.3 Å². The maximum absolute atomic E-state index is 13.0. The van der Waals surface area contributed by atoms with E-state index >= 15 is 0 Å². The van der Waals surface area contributed by atoms with E-state index in [1.165, 1.54) is 0 Å². The molecule has 154 valence electrons. The van der Waals surface area contributed by atoms with E-state index in [1.54, 1.807) is 16.0 Å². The van der Waals surface area contributed by atoms with Crippen LogP contribution in [0.1, 0.15) is 48.3 Å². The largest absolute Gasteiger partial charge is 0.352 e. The Morgan fingerprint density at radius 2 is 2.24 bits per heavy atom. The summed E-state index contributed by atoms with van der Waals surface area (Å²) in [5, 5.41) is 10.3. The molecule has 1 atom stereocenters. The molecular formula is C20H24N4O3S2. The number of unbranched alkanes of at least 4 members (excludes halogenated alkanes) is 1. The van der Waals surface area contributed by atoms with Crippen LogP contribution in [-0.2, 0) is 9.84 Å². The SMILES string of the molecule is CCCCNC(=O)c1cc(-c2cccs2)nc2c1c(C)nn2C1CCS(=O)(=O)C1. The number of carbonyl (C=O) groups excluding carboxylic acids is 1. The Bertz CT molecular complexity index is 1150. The molecule has 1 saturated heterocycles. The van der Waals surface area contributed by atoms with Crippen molar-refractivity contribution in [2.75, 3.05) is 18.1 Å². The zero-order valence-electron chi connectivity index (χ0n) is 16.5. The fourth-order valence-corrected chi connectivity index (χ4v) is 6.12. The highest BCUT2D eigenvalue weighted by atomic mass is 32.2. The molecule has 3 aromatic heterocycles. The van der Waals surface area contributed by atoms with Crippen molar-refractivity contribution < 1.29 is 13.2 Å². The van der Waals surface area contributed by atoms with Crippen molar-refractivity contribution in [3.8, 4) is 10.6 Å². The van der Waals surface area contributed by atoms with E-state index in [0.29, 0.717) is 41.0 Å². The quantitative estimate of drug-likeness (QED) is 0.603. The number of rotatable bonds is 6. The van der Waals surface area contributed by atoms with Crippen molar-refractivity contribution in [3.63, 3.8) is 0 Å². The van der Waals surface area contributed by atoms with Gasteiger partial charge in [-0.2, -0.15) is 5.10 Å². The highest BCUT2D eigenvalue weighted by Crippen LogP contribution is 2.33. The van der Waals surface area contributed by atoms with Crippen molar-refractivity contribution in [2.24, 2.45) is 0 Å². The Morgan fingerprint density at radius 1 is 1.41 bits per heavy atom. The third-order valence-electron chi connectivity index (χ3n) is 5.23. The summed E-state index contributed by atoms with van der Waals surface area (Å²) in [5.74, 6) is 0.0736. The number of hydrogen-bond donors (Lipinski definition) is 1. The zero-order chi connectivity index (χ0) is 20.6. The molecule has 3 aromatic rings. The van der Waals surface area contributed by atoms with E-state index < -0.39 is 9.84 Å². The van der Waals surface area contributed by atoms with E-state index in [9.17, 15) is 13.2 Å². The molecule has 0 spiro atoms. The van der Waals surface area contributed by atoms with Gasteiger partial charge in [0, 0.05) is 6.54 Å². The minimum atomic E-state index is -3.06. The first kappa shape index (κ1) is 20.0. The lowest BCUT2D eigenvalue weighted by molar-refractivity contribution is 0.0954. The number of hydrogen-bond acceptors (Lipinski definition) is 6. The lowest BCUT2D eigenvalue weighted by Crippen LogP contribution is -2.25. The Balaban J connectivity index is 1.86. The van der Waals surface area contributed by atoms with E-state index in [0.717, 1.165) is 17.7 Å². The standard InChI is InChI=1S/C20H24N4O3S2/c1-3-4-8-21-20(25)15-11-16(17-6-5-9-28-17)22-19-18(15)13(2)23-24(19)14-7-10-29(26,27)12-14/h5-6,9,11,14H,3-4,7-8,10,12H2,1-2H3,(H,21,25). The molecule has 1 unspecified atom stereocenters. The highest BCUT2D eigenvalue weighted by Gasteiger charge is 2.32. The summed E-state index contributed by atoms with van der Waals surface area (Å²) >= 11 is 1.55. The maximum atomic E-state index is 13.0. The Hall–Kier alpha value is -2.26. The van der Waals surface area contributed by atoms with Gasteiger partial charge in [-0.25, -0.2) is 18.1 Å². The number of pyridine rings is 1. The first-order valence-corrected chi connectivity index (χ1v) is 12.5. The van der Waals surface area contributed by atoms with E-state index in [1.807, 2.05) is 30.5 Å². The molecule has 1 aliphatic rings. The summed E-state index contributed by atoms with van der Waals surface area (Å²) in [6.07, 6.45) is 2.43. The second-order valence-electron chi connectivity index (χ2n) is 7.43. The molecule has 0 bridgehead atoms. The smallest absolute Gasteiger partial charge is 0.252 e. The van der Waals surface area contributed by atoms with Crippen LogP contribution in [0.2, 0.25) is 0 Å². The number of aryl methyl sites for hydroxylation is 1. The molecule has 0 aromatic carbocycles. The fourth-order valence-electron chi connectivity index (χ4n) is 3.74. The summed E-state index contributed by atoms with van der Waals surface area (Å²) in [4.78, 5) is 18.7. The van der Waals surface area contributed by atoms with E-state index in [-0.39, 0.29) is 23.5 Å². The molecule has 7 nitrogen and oxygen atoms in total. The van der Waals surface area contributed by atoms with Gasteiger partial charge in [0.05, 0.1) is 44.8 Å². The number of carbonyl (C=O) groups is 1. The molecule has 1 fully saturated rings. The molecule has 4 heterocycles. The summed E-state index contributed by atoms with van der Waals surface area (Å²) in [6.45, 7) is 4.54. The fraction of sp³-hybridized carbons (Fsp3) is 0.450. The molecular weight excluding hydrogens is 408 g/mol. The van der Waals surface area contributed by atoms with Crippen molar-refractivity contribution in [2.45, 2.75) is 39.2 Å². The average Bonchev–Trinajstić information content (AvgIpc) is 3.40. The Morgan fingerprint density at radius 3 is 2.90 bits per heavy atom. The molecule has 1 N–H and O–H groups in total. The van der Waals surface area contributed by atoms with Crippen LogP contribution in [0.15, 0.2) is 23.6 Å². The number of fused-ring (bicyclic) bond motifs is 1. The maximum Gasteiger partial charge on any atom is 0.252 e. The van der Waals surface area contributed by atoms with Crippen LogP contribution in [0, 0.1) is 6.92 Å². The van der Waals surface area contributed by atoms with Crippen molar-refractivity contribution in [1.82, 2.24) is 20.1 Å². The average molecular weight is 433 g/mol. The molecule has 0 radical (unpaired) electrons. The summed E-state index contributed by atoms with van der Waals surface area (Å²) in [6, 6.07) is 5.47. The number of amides is 1. The third kappa shape index (κ3) is 3.93. The van der Waals surface area contributed by atoms with Gasteiger partial charge in [-0.15, -0.1) is 11.3 Å². The molecule has 0 aliphatic carbocycles. The van der Waals surface area contributed by atoms with Gasteiger partial charge in [0.2, 0.25) is 0 Å². The monoisotopic (exact) mass is 432 g/mol. The lowest BCUT2D eigenvalue weighted by atomic mass is 10.1. The second kappa shape index (κ2) is 7.87. The Kier molecular flexibility index (Phi) is 5.44. The molecule has 1 amide bonds. The minimum Gasteiger partial charge on any atom is -0.352 e. The van der Waals surface area contributed by atoms with E-state index in [2.05, 4.69) is 17.3 Å². The van der Waals surface area contributed by atoms with Gasteiger partial charge in [-0.1, -0.05) is 19.4 Å². The zero-order valence-corrected chi connectivity index (χ0v) is 18.1. The number of nitrogens with one attached hydrogen (secondary N) is 1. The number of aromatic nitrogens is 3. The van der Waals surface area contributed by atoms with Gasteiger partial charge in [0.1, 0.15) is 0 Å². The van der Waals surface area contributed by atoms with Gasteiger partial charge < -0.3 is 5.32 Å². The second-order valence-corrected chi connectivity index (χ2v) is 10.6. The molecule has 4 rings (SSSR count). The van der Waals surface area contributed by atoms with Crippen molar-refractivity contribution in [1.29, 1.82) is 0 Å². The van der Waals surface area contributed by atoms with Gasteiger partial charge >= 0.3 is 0 Å². The number of sulfone groups is 1. The molecule has 9 heteroatoms. The van der Waals surface area contributed by atoms with Crippen molar-refractivity contribution in [3.05, 3.63) is 34.8 Å². The lowest BCUT2D eigenvalue weighted by Gasteiger charge is -2.12. The van der Waals surface area contributed by atoms with Gasteiger partial charge in [0.25, 0.3) is 5.91 Å². The van der Waals surface area contributed by atoms with Crippen molar-refractivity contribution >= 4 is 38.1 Å². The molecule has 29 heavy (non-hydrogen) atoms. The summed E-state index contributed by atoms with van der Waals surface area (Å²) in [7, 11) is -3.06. The predicted octanol–water partition coefficient (Wildman–Crippen LogP) is 3.36. The van der Waals surface area contributed by atoms with Gasteiger partial charge in [0.15, 0.2) is 15.5 Å².